The highest BCUT2D eigenvalue weighted by atomic mass is 35.5. The molecule has 1 fully saturated rings. The average Bonchev–Trinajstić information content (AvgIpc) is 2.38. The van der Waals surface area contributed by atoms with Crippen molar-refractivity contribution in [3.8, 4) is 0 Å². The van der Waals surface area contributed by atoms with Crippen molar-refractivity contribution in [2.75, 3.05) is 12.8 Å². The summed E-state index contributed by atoms with van der Waals surface area (Å²) < 4.78 is 27.2. The van der Waals surface area contributed by atoms with Gasteiger partial charge in [0.05, 0.1) is 10.6 Å². The van der Waals surface area contributed by atoms with Gasteiger partial charge in [0.15, 0.2) is 0 Å². The van der Waals surface area contributed by atoms with Crippen LogP contribution >= 0.6 is 23.4 Å². The van der Waals surface area contributed by atoms with Gasteiger partial charge in [-0.05, 0) is 37.3 Å². The number of hydrogen-bond acceptors (Lipinski definition) is 4. The van der Waals surface area contributed by atoms with E-state index in [1.807, 2.05) is 6.26 Å². The molecule has 0 radical (unpaired) electrons. The highest BCUT2D eigenvalue weighted by Crippen LogP contribution is 2.42. The van der Waals surface area contributed by atoms with Gasteiger partial charge in [-0.25, -0.2) is 17.9 Å². The zero-order chi connectivity index (χ0) is 15.7. The Morgan fingerprint density at radius 1 is 1.48 bits per heavy atom. The lowest BCUT2D eigenvalue weighted by Gasteiger charge is -2.40. The zero-order valence-electron chi connectivity index (χ0n) is 11.4. The van der Waals surface area contributed by atoms with Crippen molar-refractivity contribution in [1.82, 2.24) is 4.72 Å². The van der Waals surface area contributed by atoms with Gasteiger partial charge in [-0.3, -0.25) is 0 Å². The van der Waals surface area contributed by atoms with Gasteiger partial charge in [0.25, 0.3) is 0 Å². The van der Waals surface area contributed by atoms with Crippen molar-refractivity contribution in [1.29, 1.82) is 0 Å². The normalized spacial score (nSPS) is 17.2. The maximum absolute atomic E-state index is 12.3. The van der Waals surface area contributed by atoms with Crippen molar-refractivity contribution in [2.24, 2.45) is 0 Å². The Kier molecular flexibility index (Phi) is 4.87. The summed E-state index contributed by atoms with van der Waals surface area (Å²) >= 11 is 7.55. The lowest BCUT2D eigenvalue weighted by atomic mass is 9.84. The van der Waals surface area contributed by atoms with Gasteiger partial charge in [-0.2, -0.15) is 11.8 Å². The Bertz CT molecular complexity index is 651. The van der Waals surface area contributed by atoms with Crippen LogP contribution in [0.2, 0.25) is 5.02 Å². The van der Waals surface area contributed by atoms with Gasteiger partial charge in [0, 0.05) is 11.3 Å². The molecule has 0 aliphatic heterocycles. The minimum absolute atomic E-state index is 0.0133. The van der Waals surface area contributed by atoms with Gasteiger partial charge >= 0.3 is 5.97 Å². The molecule has 1 aliphatic rings. The van der Waals surface area contributed by atoms with Gasteiger partial charge in [0.2, 0.25) is 10.0 Å². The second kappa shape index (κ2) is 6.16. The summed E-state index contributed by atoms with van der Waals surface area (Å²) in [6.07, 6.45) is 5.00. The molecular formula is C13H16ClNO4S2. The van der Waals surface area contributed by atoms with Crippen LogP contribution in [-0.2, 0) is 10.0 Å². The number of hydrogen-bond donors (Lipinski definition) is 2. The Balaban J connectivity index is 2.23. The zero-order valence-corrected chi connectivity index (χ0v) is 13.8. The number of nitrogens with one attached hydrogen (secondary N) is 1. The van der Waals surface area contributed by atoms with Gasteiger partial charge in [0.1, 0.15) is 4.90 Å². The van der Waals surface area contributed by atoms with Crippen molar-refractivity contribution in [3.63, 3.8) is 0 Å². The fraction of sp³-hybridized carbons (Fsp3) is 0.462. The van der Waals surface area contributed by atoms with Crippen LogP contribution in [0.25, 0.3) is 0 Å². The third-order valence-corrected chi connectivity index (χ3v) is 7.05. The molecule has 2 N–H and O–H groups in total. The molecule has 2 rings (SSSR count). The molecule has 1 aromatic carbocycles. The number of rotatable bonds is 6. The summed E-state index contributed by atoms with van der Waals surface area (Å²) in [6, 6.07) is 3.64. The van der Waals surface area contributed by atoms with Crippen molar-refractivity contribution >= 4 is 39.4 Å². The van der Waals surface area contributed by atoms with Crippen LogP contribution in [0.4, 0.5) is 0 Å². The van der Waals surface area contributed by atoms with E-state index in [0.29, 0.717) is 6.54 Å². The van der Waals surface area contributed by atoms with Crippen LogP contribution in [-0.4, -0.2) is 37.0 Å². The van der Waals surface area contributed by atoms with Crippen molar-refractivity contribution in [3.05, 3.63) is 28.8 Å². The summed E-state index contributed by atoms with van der Waals surface area (Å²) in [5.41, 5.74) is -0.108. The molecule has 116 valence electrons. The lowest BCUT2D eigenvalue weighted by molar-refractivity contribution is 0.0696. The van der Waals surface area contributed by atoms with Crippen LogP contribution in [0, 0.1) is 0 Å². The molecule has 0 unspecified atom stereocenters. The number of carboxylic acid groups (broad SMARTS) is 1. The summed E-state index contributed by atoms with van der Waals surface area (Å²) in [5, 5.41) is 8.96. The number of thioether (sulfide) groups is 1. The quantitative estimate of drug-likeness (QED) is 0.824. The molecule has 1 aliphatic carbocycles. The largest absolute Gasteiger partial charge is 0.478 e. The van der Waals surface area contributed by atoms with E-state index in [2.05, 4.69) is 4.72 Å². The molecule has 8 heteroatoms. The van der Waals surface area contributed by atoms with Gasteiger partial charge in [-0.1, -0.05) is 18.0 Å². The fourth-order valence-electron chi connectivity index (χ4n) is 2.17. The maximum Gasteiger partial charge on any atom is 0.335 e. The van der Waals surface area contributed by atoms with Crippen LogP contribution in [0.3, 0.4) is 0 Å². The Morgan fingerprint density at radius 3 is 2.62 bits per heavy atom. The van der Waals surface area contributed by atoms with Crippen molar-refractivity contribution in [2.45, 2.75) is 28.9 Å². The van der Waals surface area contributed by atoms with Gasteiger partial charge < -0.3 is 5.11 Å². The number of halogens is 1. The monoisotopic (exact) mass is 349 g/mol. The summed E-state index contributed by atoms with van der Waals surface area (Å²) in [5.74, 6) is -1.19. The Labute approximate surface area is 133 Å². The minimum atomic E-state index is -3.83. The summed E-state index contributed by atoms with van der Waals surface area (Å²) in [7, 11) is -3.83. The van der Waals surface area contributed by atoms with E-state index in [1.165, 1.54) is 12.1 Å². The lowest BCUT2D eigenvalue weighted by Crippen LogP contribution is -2.45. The average molecular weight is 350 g/mol. The first kappa shape index (κ1) is 16.6. The molecule has 1 aromatic rings. The first-order valence-corrected chi connectivity index (χ1v) is 9.46. The predicted octanol–water partition coefficient (Wildman–Crippen LogP) is 2.60. The second-order valence-corrected chi connectivity index (χ2v) is 8.43. The minimum Gasteiger partial charge on any atom is -0.478 e. The molecule has 0 heterocycles. The smallest absolute Gasteiger partial charge is 0.335 e. The maximum atomic E-state index is 12.3. The van der Waals surface area contributed by atoms with E-state index in [1.54, 1.807) is 11.8 Å². The van der Waals surface area contributed by atoms with E-state index in [9.17, 15) is 13.2 Å². The molecule has 0 spiro atoms. The molecule has 21 heavy (non-hydrogen) atoms. The summed E-state index contributed by atoms with van der Waals surface area (Å²) in [4.78, 5) is 10.8. The number of benzene rings is 1. The number of aromatic carboxylic acids is 1. The topological polar surface area (TPSA) is 83.5 Å². The fourth-order valence-corrected chi connectivity index (χ4v) is 4.83. The van der Waals surface area contributed by atoms with E-state index in [0.717, 1.165) is 25.3 Å². The van der Waals surface area contributed by atoms with Gasteiger partial charge in [-0.15, -0.1) is 0 Å². The first-order valence-electron chi connectivity index (χ1n) is 6.37. The summed E-state index contributed by atoms with van der Waals surface area (Å²) in [6.45, 7) is 0.324. The van der Waals surface area contributed by atoms with Crippen LogP contribution in [0.15, 0.2) is 23.1 Å². The Morgan fingerprint density at radius 2 is 2.14 bits per heavy atom. The van der Waals surface area contributed by atoms with Crippen LogP contribution in [0.1, 0.15) is 29.6 Å². The van der Waals surface area contributed by atoms with E-state index in [4.69, 9.17) is 16.7 Å². The highest BCUT2D eigenvalue weighted by molar-refractivity contribution is 8.00. The van der Waals surface area contributed by atoms with E-state index < -0.39 is 16.0 Å². The molecule has 0 bridgehead atoms. The molecule has 5 nitrogen and oxygen atoms in total. The SMILES string of the molecule is CSC1(CNS(=O)(=O)c2cc(C(=O)O)ccc2Cl)CCC1. The van der Waals surface area contributed by atoms with Crippen LogP contribution in [0.5, 0.6) is 0 Å². The van der Waals surface area contributed by atoms with Crippen molar-refractivity contribution < 1.29 is 18.3 Å². The molecule has 0 saturated heterocycles. The standard InChI is InChI=1S/C13H16ClNO4S2/c1-20-13(5-2-6-13)8-15-21(18,19)11-7-9(12(16)17)3-4-10(11)14/h3-4,7,15H,2,5-6,8H2,1H3,(H,16,17). The molecule has 0 atom stereocenters. The molecular weight excluding hydrogens is 334 g/mol. The highest BCUT2D eigenvalue weighted by Gasteiger charge is 2.37. The van der Waals surface area contributed by atoms with Crippen LogP contribution < -0.4 is 4.72 Å². The predicted molar refractivity (Wildman–Crippen MR) is 83.7 cm³/mol. The molecule has 0 aromatic heterocycles. The Hall–Kier alpha value is -0.760. The number of sulfonamides is 1. The molecule has 0 amide bonds. The second-order valence-electron chi connectivity index (χ2n) is 5.02. The first-order chi connectivity index (χ1) is 9.80. The van der Waals surface area contributed by atoms with E-state index in [-0.39, 0.29) is 20.2 Å². The number of carboxylic acids is 1. The number of carbonyl (C=O) groups is 1. The third kappa shape index (κ3) is 3.53. The molecule has 1 saturated carbocycles. The van der Waals surface area contributed by atoms with E-state index >= 15 is 0 Å². The third-order valence-electron chi connectivity index (χ3n) is 3.75.